The molecule has 0 fully saturated rings. The number of esters is 1. The second-order valence-corrected chi connectivity index (χ2v) is 3.78. The summed E-state index contributed by atoms with van der Waals surface area (Å²) in [6.07, 6.45) is 0.0414. The molecule has 0 aromatic heterocycles. The summed E-state index contributed by atoms with van der Waals surface area (Å²) in [6, 6.07) is 1.60. The number of rotatable bonds is 5. The summed E-state index contributed by atoms with van der Waals surface area (Å²) in [4.78, 5) is 11.3. The molecule has 0 N–H and O–H groups in total. The van der Waals surface area contributed by atoms with E-state index >= 15 is 0 Å². The Morgan fingerprint density at radius 2 is 1.61 bits per heavy atom. The van der Waals surface area contributed by atoms with Crippen LogP contribution in [0.4, 0.5) is 0 Å². The molecule has 0 amide bonds. The van der Waals surface area contributed by atoms with E-state index in [0.29, 0.717) is 27.8 Å². The molecule has 18 heavy (non-hydrogen) atoms. The third kappa shape index (κ3) is 2.79. The van der Waals surface area contributed by atoms with Crippen molar-refractivity contribution in [3.63, 3.8) is 0 Å². The van der Waals surface area contributed by atoms with Crippen LogP contribution in [-0.2, 0) is 16.0 Å². The average molecular weight is 275 g/mol. The summed E-state index contributed by atoms with van der Waals surface area (Å²) >= 11 is 6.06. The molecule has 0 aliphatic rings. The van der Waals surface area contributed by atoms with Crippen LogP contribution < -0.4 is 14.2 Å². The van der Waals surface area contributed by atoms with Crippen LogP contribution in [0.15, 0.2) is 6.07 Å². The van der Waals surface area contributed by atoms with Crippen LogP contribution in [0.2, 0.25) is 5.02 Å². The molecule has 0 radical (unpaired) electrons. The van der Waals surface area contributed by atoms with Crippen molar-refractivity contribution in [2.75, 3.05) is 28.4 Å². The molecule has 0 aliphatic carbocycles. The Morgan fingerprint density at radius 1 is 1.06 bits per heavy atom. The van der Waals surface area contributed by atoms with Gasteiger partial charge < -0.3 is 18.9 Å². The first-order valence-corrected chi connectivity index (χ1v) is 5.51. The van der Waals surface area contributed by atoms with Crippen molar-refractivity contribution in [2.24, 2.45) is 0 Å². The summed E-state index contributed by atoms with van der Waals surface area (Å²) < 4.78 is 20.2. The van der Waals surface area contributed by atoms with Gasteiger partial charge in [-0.15, -0.1) is 0 Å². The molecule has 0 saturated heterocycles. The number of halogens is 1. The van der Waals surface area contributed by atoms with E-state index in [-0.39, 0.29) is 6.42 Å². The number of ether oxygens (including phenoxy) is 4. The van der Waals surface area contributed by atoms with Gasteiger partial charge in [0.2, 0.25) is 5.75 Å². The minimum Gasteiger partial charge on any atom is -0.492 e. The lowest BCUT2D eigenvalue weighted by molar-refractivity contribution is -0.139. The Hall–Kier alpha value is -1.62. The standard InChI is InChI=1S/C12H15ClO5/c1-15-9(14)6-7-5-8(13)11(17-3)12(18-4)10(7)16-2/h5H,6H2,1-4H3. The van der Waals surface area contributed by atoms with Crippen LogP contribution >= 0.6 is 11.6 Å². The van der Waals surface area contributed by atoms with E-state index in [2.05, 4.69) is 4.74 Å². The summed E-state index contributed by atoms with van der Waals surface area (Å²) in [5.74, 6) is 0.733. The predicted octanol–water partition coefficient (Wildman–Crippen LogP) is 2.08. The maximum Gasteiger partial charge on any atom is 0.310 e. The topological polar surface area (TPSA) is 54.0 Å². The van der Waals surface area contributed by atoms with Crippen LogP contribution in [0.25, 0.3) is 0 Å². The van der Waals surface area contributed by atoms with Gasteiger partial charge in [0.15, 0.2) is 11.5 Å². The van der Waals surface area contributed by atoms with Crippen molar-refractivity contribution >= 4 is 17.6 Å². The van der Waals surface area contributed by atoms with Gasteiger partial charge >= 0.3 is 5.97 Å². The van der Waals surface area contributed by atoms with Gasteiger partial charge in [-0.3, -0.25) is 4.79 Å². The molecule has 0 aliphatic heterocycles. The lowest BCUT2D eigenvalue weighted by Gasteiger charge is -2.16. The van der Waals surface area contributed by atoms with E-state index in [4.69, 9.17) is 25.8 Å². The minimum atomic E-state index is -0.392. The first-order chi connectivity index (χ1) is 8.58. The summed E-state index contributed by atoms with van der Waals surface area (Å²) in [5, 5.41) is 0.342. The molecule has 1 aromatic carbocycles. The quantitative estimate of drug-likeness (QED) is 0.770. The zero-order valence-corrected chi connectivity index (χ0v) is 11.5. The van der Waals surface area contributed by atoms with Crippen molar-refractivity contribution in [2.45, 2.75) is 6.42 Å². The molecular formula is C12H15ClO5. The summed E-state index contributed by atoms with van der Waals surface area (Å²) in [7, 11) is 5.74. The zero-order valence-electron chi connectivity index (χ0n) is 10.7. The van der Waals surface area contributed by atoms with Crippen LogP contribution in [0, 0.1) is 0 Å². The first-order valence-electron chi connectivity index (χ1n) is 5.13. The van der Waals surface area contributed by atoms with E-state index in [1.165, 1.54) is 28.4 Å². The fraction of sp³-hybridized carbons (Fsp3) is 0.417. The van der Waals surface area contributed by atoms with Gasteiger partial charge in [0.05, 0.1) is 39.9 Å². The maximum absolute atomic E-state index is 11.3. The van der Waals surface area contributed by atoms with Crippen LogP contribution in [0.1, 0.15) is 5.56 Å². The largest absolute Gasteiger partial charge is 0.492 e. The van der Waals surface area contributed by atoms with Gasteiger partial charge in [-0.05, 0) is 6.07 Å². The molecule has 0 heterocycles. The molecule has 6 heteroatoms. The molecule has 0 atom stereocenters. The Kier molecular flexibility index (Phi) is 5.09. The third-order valence-electron chi connectivity index (χ3n) is 2.40. The van der Waals surface area contributed by atoms with E-state index in [1.807, 2.05) is 0 Å². The molecule has 0 spiro atoms. The highest BCUT2D eigenvalue weighted by atomic mass is 35.5. The van der Waals surface area contributed by atoms with E-state index < -0.39 is 5.97 Å². The Balaban J connectivity index is 3.34. The molecule has 0 unspecified atom stereocenters. The normalized spacial score (nSPS) is 9.83. The SMILES string of the molecule is COC(=O)Cc1cc(Cl)c(OC)c(OC)c1OC. The molecule has 100 valence electrons. The van der Waals surface area contributed by atoms with Gasteiger partial charge in [0.1, 0.15) is 0 Å². The fourth-order valence-electron chi connectivity index (χ4n) is 1.60. The Morgan fingerprint density at radius 3 is 2.06 bits per heavy atom. The fourth-order valence-corrected chi connectivity index (χ4v) is 1.89. The van der Waals surface area contributed by atoms with Crippen molar-refractivity contribution < 1.29 is 23.7 Å². The average Bonchev–Trinajstić information content (AvgIpc) is 2.37. The second kappa shape index (κ2) is 6.35. The molecule has 1 aromatic rings. The van der Waals surface area contributed by atoms with Gasteiger partial charge in [0.25, 0.3) is 0 Å². The van der Waals surface area contributed by atoms with Crippen LogP contribution in [-0.4, -0.2) is 34.4 Å². The molecule has 5 nitrogen and oxygen atoms in total. The summed E-state index contributed by atoms with van der Waals surface area (Å²) in [6.45, 7) is 0. The smallest absolute Gasteiger partial charge is 0.310 e. The van der Waals surface area contributed by atoms with Crippen molar-refractivity contribution in [3.05, 3.63) is 16.7 Å². The molecule has 1 rings (SSSR count). The highest BCUT2D eigenvalue weighted by Crippen LogP contribution is 2.45. The predicted molar refractivity (Wildman–Crippen MR) is 66.8 cm³/mol. The van der Waals surface area contributed by atoms with E-state index in [9.17, 15) is 4.79 Å². The maximum atomic E-state index is 11.3. The number of benzene rings is 1. The summed E-state index contributed by atoms with van der Waals surface area (Å²) in [5.41, 5.74) is 0.576. The Labute approximate surface area is 111 Å². The van der Waals surface area contributed by atoms with Crippen molar-refractivity contribution in [1.29, 1.82) is 0 Å². The number of hydrogen-bond donors (Lipinski definition) is 0. The number of carbonyl (C=O) groups excluding carboxylic acids is 1. The van der Waals surface area contributed by atoms with Gasteiger partial charge in [-0.25, -0.2) is 0 Å². The van der Waals surface area contributed by atoms with E-state index in [0.717, 1.165) is 0 Å². The number of carbonyl (C=O) groups is 1. The monoisotopic (exact) mass is 274 g/mol. The number of hydrogen-bond acceptors (Lipinski definition) is 5. The first kappa shape index (κ1) is 14.4. The lowest BCUT2D eigenvalue weighted by Crippen LogP contribution is -2.07. The number of methoxy groups -OCH3 is 4. The highest BCUT2D eigenvalue weighted by molar-refractivity contribution is 6.32. The third-order valence-corrected chi connectivity index (χ3v) is 2.68. The van der Waals surface area contributed by atoms with Crippen LogP contribution in [0.5, 0.6) is 17.2 Å². The highest BCUT2D eigenvalue weighted by Gasteiger charge is 2.21. The molecule has 0 saturated carbocycles. The lowest BCUT2D eigenvalue weighted by atomic mass is 10.1. The van der Waals surface area contributed by atoms with Gasteiger partial charge in [-0.1, -0.05) is 11.6 Å². The minimum absolute atomic E-state index is 0.0414. The Bertz CT molecular complexity index is 445. The van der Waals surface area contributed by atoms with Crippen molar-refractivity contribution in [1.82, 2.24) is 0 Å². The van der Waals surface area contributed by atoms with Gasteiger partial charge in [0, 0.05) is 5.56 Å². The second-order valence-electron chi connectivity index (χ2n) is 3.37. The zero-order chi connectivity index (χ0) is 13.7. The van der Waals surface area contributed by atoms with Crippen LogP contribution in [0.3, 0.4) is 0 Å². The molecule has 0 bridgehead atoms. The van der Waals surface area contributed by atoms with Gasteiger partial charge in [-0.2, -0.15) is 0 Å². The van der Waals surface area contributed by atoms with Crippen molar-refractivity contribution in [3.8, 4) is 17.2 Å². The van der Waals surface area contributed by atoms with E-state index in [1.54, 1.807) is 6.07 Å². The molecular weight excluding hydrogens is 260 g/mol.